The van der Waals surface area contributed by atoms with Gasteiger partial charge in [-0.25, -0.2) is 4.99 Å². The molecule has 0 aliphatic rings. The number of amides is 1. The smallest absolute Gasteiger partial charge is 0.292 e. The molecule has 2 aromatic rings. The van der Waals surface area contributed by atoms with E-state index in [0.29, 0.717) is 17.9 Å². The molecule has 5 heteroatoms. The molecule has 0 heterocycles. The average molecular weight is 340 g/mol. The zero-order valence-corrected chi connectivity index (χ0v) is 14.9. The number of carbonyl (C=O) groups is 1. The second-order valence-corrected chi connectivity index (χ2v) is 5.56. The number of aliphatic imine (C=N–C) groups is 1. The molecule has 2 rings (SSSR count). The van der Waals surface area contributed by atoms with Crippen molar-refractivity contribution in [3.8, 4) is 5.75 Å². The molecule has 1 atom stereocenters. The number of methoxy groups -OCH3 is 1. The number of benzene rings is 2. The third kappa shape index (κ3) is 5.64. The van der Waals surface area contributed by atoms with Crippen molar-refractivity contribution in [3.05, 3.63) is 65.7 Å². The highest BCUT2D eigenvalue weighted by atomic mass is 16.5. The lowest BCUT2D eigenvalue weighted by Gasteiger charge is -2.13. The molecule has 0 aromatic heterocycles. The molecule has 0 fully saturated rings. The Morgan fingerprint density at radius 1 is 1.16 bits per heavy atom. The normalized spacial score (nSPS) is 12.4. The highest BCUT2D eigenvalue weighted by Crippen LogP contribution is 2.16. The summed E-state index contributed by atoms with van der Waals surface area (Å²) >= 11 is 0. The van der Waals surface area contributed by atoms with Crippen LogP contribution in [-0.4, -0.2) is 25.6 Å². The molecule has 0 unspecified atom stereocenters. The summed E-state index contributed by atoms with van der Waals surface area (Å²) in [7, 11) is 1.57. The summed E-state index contributed by atoms with van der Waals surface area (Å²) in [6.45, 7) is 4.45. The van der Waals surface area contributed by atoms with Crippen molar-refractivity contribution in [1.82, 2.24) is 5.32 Å². The van der Waals surface area contributed by atoms with Gasteiger partial charge in [0.1, 0.15) is 5.75 Å². The van der Waals surface area contributed by atoms with E-state index in [1.807, 2.05) is 44.2 Å². The van der Waals surface area contributed by atoms with Crippen LogP contribution in [0.1, 0.15) is 42.2 Å². The van der Waals surface area contributed by atoms with E-state index in [9.17, 15) is 4.79 Å². The lowest BCUT2D eigenvalue weighted by atomic mass is 10.1. The number of ether oxygens (including phenoxy) is 2. The molecule has 0 aliphatic heterocycles. The first-order valence-corrected chi connectivity index (χ1v) is 8.35. The Labute approximate surface area is 148 Å². The number of carbonyl (C=O) groups excluding carboxylic acids is 1. The maximum atomic E-state index is 12.5. The Bertz CT molecular complexity index is 714. The summed E-state index contributed by atoms with van der Waals surface area (Å²) in [5, 5.41) is 2.75. The van der Waals surface area contributed by atoms with Gasteiger partial charge in [-0.2, -0.15) is 0 Å². The number of hydrogen-bond donors (Lipinski definition) is 1. The van der Waals surface area contributed by atoms with Gasteiger partial charge in [-0.05, 0) is 37.1 Å². The van der Waals surface area contributed by atoms with Crippen molar-refractivity contribution in [2.24, 2.45) is 4.99 Å². The Balaban J connectivity index is 2.16. The third-order valence-electron chi connectivity index (χ3n) is 3.59. The molecule has 0 saturated carbocycles. The number of nitrogens with one attached hydrogen (secondary N) is 1. The number of rotatable bonds is 6. The topological polar surface area (TPSA) is 59.9 Å². The zero-order chi connectivity index (χ0) is 18.1. The van der Waals surface area contributed by atoms with E-state index in [1.54, 1.807) is 31.4 Å². The van der Waals surface area contributed by atoms with Gasteiger partial charge in [-0.3, -0.25) is 10.1 Å². The zero-order valence-electron chi connectivity index (χ0n) is 14.9. The summed E-state index contributed by atoms with van der Waals surface area (Å²) in [4.78, 5) is 17.0. The molecule has 0 radical (unpaired) electrons. The second-order valence-electron chi connectivity index (χ2n) is 5.56. The maximum absolute atomic E-state index is 12.5. The lowest BCUT2D eigenvalue weighted by molar-refractivity contribution is 0.0965. The van der Waals surface area contributed by atoms with E-state index in [4.69, 9.17) is 9.47 Å². The minimum Gasteiger partial charge on any atom is -0.497 e. The summed E-state index contributed by atoms with van der Waals surface area (Å²) in [5.41, 5.74) is 1.54. The third-order valence-corrected chi connectivity index (χ3v) is 3.59. The molecule has 25 heavy (non-hydrogen) atoms. The molecule has 1 N–H and O–H groups in total. The van der Waals surface area contributed by atoms with Crippen molar-refractivity contribution in [3.63, 3.8) is 0 Å². The second kappa shape index (κ2) is 9.47. The SMILES string of the molecule is CCCOC(=N[C@@H](C)c1ccccc1)NC(=O)c1cccc(OC)c1. The van der Waals surface area contributed by atoms with Crippen LogP contribution in [0.5, 0.6) is 5.75 Å². The minimum absolute atomic E-state index is 0.126. The van der Waals surface area contributed by atoms with Crippen LogP contribution in [0.25, 0.3) is 0 Å². The minimum atomic E-state index is -0.283. The van der Waals surface area contributed by atoms with Crippen LogP contribution in [0.15, 0.2) is 59.6 Å². The van der Waals surface area contributed by atoms with Crippen molar-refractivity contribution in [2.75, 3.05) is 13.7 Å². The monoisotopic (exact) mass is 340 g/mol. The van der Waals surface area contributed by atoms with Crippen LogP contribution in [0.4, 0.5) is 0 Å². The predicted molar refractivity (Wildman–Crippen MR) is 99.0 cm³/mol. The van der Waals surface area contributed by atoms with Crippen molar-refractivity contribution in [2.45, 2.75) is 26.3 Å². The van der Waals surface area contributed by atoms with Crippen LogP contribution in [0.3, 0.4) is 0 Å². The molecule has 1 amide bonds. The fourth-order valence-electron chi connectivity index (χ4n) is 2.22. The predicted octanol–water partition coefficient (Wildman–Crippen LogP) is 3.97. The summed E-state index contributed by atoms with van der Waals surface area (Å²) in [6.07, 6.45) is 0.827. The fourth-order valence-corrected chi connectivity index (χ4v) is 2.22. The van der Waals surface area contributed by atoms with E-state index in [2.05, 4.69) is 10.3 Å². The standard InChI is InChI=1S/C20H24N2O3/c1-4-13-25-20(21-15(2)16-9-6-5-7-10-16)22-19(23)17-11-8-12-18(14-17)24-3/h5-12,14-15H,4,13H2,1-3H3,(H,21,22,23)/t15-/m0/s1. The molecular weight excluding hydrogens is 316 g/mol. The Kier molecular flexibility index (Phi) is 7.01. The first-order chi connectivity index (χ1) is 12.1. The molecule has 0 spiro atoms. The molecule has 0 aliphatic carbocycles. The van der Waals surface area contributed by atoms with Crippen molar-refractivity contribution >= 4 is 11.9 Å². The van der Waals surface area contributed by atoms with Crippen LogP contribution in [0, 0.1) is 0 Å². The van der Waals surface area contributed by atoms with E-state index >= 15 is 0 Å². The molecule has 0 saturated heterocycles. The van der Waals surface area contributed by atoms with Crippen molar-refractivity contribution < 1.29 is 14.3 Å². The average Bonchev–Trinajstić information content (AvgIpc) is 2.66. The van der Waals surface area contributed by atoms with Gasteiger partial charge in [0.25, 0.3) is 11.9 Å². The highest BCUT2D eigenvalue weighted by molar-refractivity contribution is 6.04. The number of hydrogen-bond acceptors (Lipinski definition) is 4. The number of nitrogens with zero attached hydrogens (tertiary/aromatic N) is 1. The van der Waals surface area contributed by atoms with Crippen LogP contribution >= 0.6 is 0 Å². The van der Waals surface area contributed by atoms with Crippen LogP contribution in [0.2, 0.25) is 0 Å². The van der Waals surface area contributed by atoms with Gasteiger partial charge in [0.05, 0.1) is 19.8 Å². The maximum Gasteiger partial charge on any atom is 0.292 e. The van der Waals surface area contributed by atoms with E-state index in [0.717, 1.165) is 12.0 Å². The Morgan fingerprint density at radius 3 is 2.60 bits per heavy atom. The molecule has 5 nitrogen and oxygen atoms in total. The largest absolute Gasteiger partial charge is 0.497 e. The highest BCUT2D eigenvalue weighted by Gasteiger charge is 2.13. The molecular formula is C20H24N2O3. The Morgan fingerprint density at radius 2 is 1.92 bits per heavy atom. The van der Waals surface area contributed by atoms with E-state index in [-0.39, 0.29) is 18.0 Å². The van der Waals surface area contributed by atoms with E-state index < -0.39 is 0 Å². The summed E-state index contributed by atoms with van der Waals surface area (Å²) < 4.78 is 10.8. The summed E-state index contributed by atoms with van der Waals surface area (Å²) in [5.74, 6) is 0.340. The Hall–Kier alpha value is -2.82. The summed E-state index contributed by atoms with van der Waals surface area (Å²) in [6, 6.07) is 16.9. The van der Waals surface area contributed by atoms with Crippen molar-refractivity contribution in [1.29, 1.82) is 0 Å². The van der Waals surface area contributed by atoms with Gasteiger partial charge in [-0.15, -0.1) is 0 Å². The first kappa shape index (κ1) is 18.5. The first-order valence-electron chi connectivity index (χ1n) is 8.35. The van der Waals surface area contributed by atoms with Crippen LogP contribution < -0.4 is 10.1 Å². The number of amidine groups is 1. The fraction of sp³-hybridized carbons (Fsp3) is 0.300. The molecule has 132 valence electrons. The van der Waals surface area contributed by atoms with Gasteiger partial charge < -0.3 is 9.47 Å². The van der Waals surface area contributed by atoms with Gasteiger partial charge in [-0.1, -0.05) is 43.3 Å². The van der Waals surface area contributed by atoms with Gasteiger partial charge in [0.2, 0.25) is 0 Å². The van der Waals surface area contributed by atoms with Gasteiger partial charge in [0.15, 0.2) is 0 Å². The quantitative estimate of drug-likeness (QED) is 0.639. The molecule has 0 bridgehead atoms. The van der Waals surface area contributed by atoms with Crippen LogP contribution in [-0.2, 0) is 4.74 Å². The van der Waals surface area contributed by atoms with E-state index in [1.165, 1.54) is 0 Å². The molecule has 2 aromatic carbocycles. The van der Waals surface area contributed by atoms with Gasteiger partial charge >= 0.3 is 0 Å². The lowest BCUT2D eigenvalue weighted by Crippen LogP contribution is -2.33. The van der Waals surface area contributed by atoms with Gasteiger partial charge in [0, 0.05) is 5.56 Å².